The SMILES string of the molecule is CC1(C)Cc2cccc(n2)C(C)(C)c2[c-]c(ccc2)-c2cccc(n2)-c2[c-]c1ccc2.[Pt+2]. The first kappa shape index (κ1) is 22.6. The molecule has 0 spiro atoms. The van der Waals surface area contributed by atoms with E-state index < -0.39 is 0 Å². The molecule has 1 aliphatic heterocycles. The van der Waals surface area contributed by atoms with Crippen molar-refractivity contribution in [3.8, 4) is 22.5 Å². The summed E-state index contributed by atoms with van der Waals surface area (Å²) in [5.41, 5.74) is 7.93. The number of aromatic nitrogens is 2. The Morgan fingerprint density at radius 3 is 1.91 bits per heavy atom. The van der Waals surface area contributed by atoms with E-state index in [1.165, 1.54) is 5.56 Å². The predicted molar refractivity (Wildman–Crippen MR) is 126 cm³/mol. The molecule has 32 heavy (non-hydrogen) atoms. The second-order valence-corrected chi connectivity index (χ2v) is 9.56. The molecule has 2 aromatic heterocycles. The Morgan fingerprint density at radius 1 is 0.656 bits per heavy atom. The molecular weight excluding hydrogens is 571 g/mol. The van der Waals surface area contributed by atoms with Crippen molar-refractivity contribution in [3.63, 3.8) is 0 Å². The molecule has 0 saturated heterocycles. The molecule has 0 saturated carbocycles. The number of nitrogens with zero attached hydrogens (tertiary/aromatic N) is 2. The van der Waals surface area contributed by atoms with E-state index in [4.69, 9.17) is 9.97 Å². The zero-order valence-corrected chi connectivity index (χ0v) is 21.1. The van der Waals surface area contributed by atoms with Gasteiger partial charge in [-0.2, -0.15) is 0 Å². The molecule has 0 atom stereocenters. The van der Waals surface area contributed by atoms with Crippen LogP contribution in [0.5, 0.6) is 0 Å². The Kier molecular flexibility index (Phi) is 5.94. The molecular formula is C29H26N2Pt. The standard InChI is InChI=1S/C29H26N2.Pt/c1-28(2)19-24-13-7-16-27(30-24)29(3,4)23-12-6-10-21(18-23)26-15-8-14-25(31-26)20-9-5-11-22(28)17-20;/h5-16H,19H2,1-4H3;/q-2;+2. The maximum atomic E-state index is 5.10. The van der Waals surface area contributed by atoms with Crippen LogP contribution in [0, 0.1) is 12.1 Å². The first-order chi connectivity index (χ1) is 14.8. The van der Waals surface area contributed by atoms with Gasteiger partial charge in [0.1, 0.15) is 0 Å². The summed E-state index contributed by atoms with van der Waals surface area (Å²) in [6, 6.07) is 32.5. The normalized spacial score (nSPS) is 15.6. The van der Waals surface area contributed by atoms with E-state index in [2.05, 4.69) is 113 Å². The quantitative estimate of drug-likeness (QED) is 0.215. The van der Waals surface area contributed by atoms with Crippen molar-refractivity contribution in [3.05, 3.63) is 107 Å². The summed E-state index contributed by atoms with van der Waals surface area (Å²) in [5, 5.41) is 0. The first-order valence-corrected chi connectivity index (χ1v) is 10.8. The molecule has 3 heteroatoms. The van der Waals surface area contributed by atoms with E-state index in [1.54, 1.807) is 0 Å². The van der Waals surface area contributed by atoms with Crippen LogP contribution in [0.25, 0.3) is 22.5 Å². The van der Waals surface area contributed by atoms with Crippen LogP contribution in [0.3, 0.4) is 0 Å². The predicted octanol–water partition coefficient (Wildman–Crippen LogP) is 6.57. The largest absolute Gasteiger partial charge is 2.00 e. The van der Waals surface area contributed by atoms with E-state index in [0.29, 0.717) is 0 Å². The van der Waals surface area contributed by atoms with Gasteiger partial charge in [0.2, 0.25) is 0 Å². The number of hydrogen-bond donors (Lipinski definition) is 0. The number of hydrogen-bond acceptors (Lipinski definition) is 2. The molecule has 0 fully saturated rings. The minimum atomic E-state index is -0.266. The number of pyridine rings is 2. The third-order valence-electron chi connectivity index (χ3n) is 6.36. The fourth-order valence-corrected chi connectivity index (χ4v) is 4.34. The molecule has 0 unspecified atom stereocenters. The summed E-state index contributed by atoms with van der Waals surface area (Å²) in [6.45, 7) is 8.97. The van der Waals surface area contributed by atoms with Crippen molar-refractivity contribution >= 4 is 0 Å². The summed E-state index contributed by atoms with van der Waals surface area (Å²) < 4.78 is 0. The fourth-order valence-electron chi connectivity index (χ4n) is 4.34. The van der Waals surface area contributed by atoms with Crippen molar-refractivity contribution < 1.29 is 21.1 Å². The fraction of sp³-hybridized carbons (Fsp3) is 0.241. The van der Waals surface area contributed by atoms with E-state index in [-0.39, 0.29) is 31.9 Å². The maximum absolute atomic E-state index is 5.10. The number of benzene rings is 2. The van der Waals surface area contributed by atoms with Crippen LogP contribution >= 0.6 is 0 Å². The monoisotopic (exact) mass is 597 g/mol. The van der Waals surface area contributed by atoms with E-state index >= 15 is 0 Å². The minimum absolute atomic E-state index is 0. The smallest absolute Gasteiger partial charge is 0.345 e. The van der Waals surface area contributed by atoms with Gasteiger partial charge in [-0.1, -0.05) is 52.0 Å². The summed E-state index contributed by atoms with van der Waals surface area (Å²) in [6.07, 6.45) is 0.841. The Bertz CT molecular complexity index is 1270. The van der Waals surface area contributed by atoms with Gasteiger partial charge in [0, 0.05) is 16.8 Å². The average Bonchev–Trinajstić information content (AvgIpc) is 2.79. The zero-order valence-electron chi connectivity index (χ0n) is 18.8. The van der Waals surface area contributed by atoms with Crippen LogP contribution in [0.2, 0.25) is 0 Å². The first-order valence-electron chi connectivity index (χ1n) is 10.8. The molecule has 5 rings (SSSR count). The minimum Gasteiger partial charge on any atom is -0.345 e. The van der Waals surface area contributed by atoms with Crippen molar-refractivity contribution in [2.45, 2.75) is 44.9 Å². The molecule has 0 radical (unpaired) electrons. The van der Waals surface area contributed by atoms with Crippen LogP contribution in [0.15, 0.2) is 72.8 Å². The molecule has 1 aliphatic rings. The van der Waals surface area contributed by atoms with Gasteiger partial charge in [-0.05, 0) is 35.4 Å². The third kappa shape index (κ3) is 4.09. The second kappa shape index (κ2) is 8.41. The Labute approximate surface area is 205 Å². The van der Waals surface area contributed by atoms with Gasteiger partial charge < -0.3 is 4.98 Å². The Balaban J connectivity index is 0.00000245. The second-order valence-electron chi connectivity index (χ2n) is 9.56. The summed E-state index contributed by atoms with van der Waals surface area (Å²) >= 11 is 0. The van der Waals surface area contributed by atoms with Crippen molar-refractivity contribution in [1.82, 2.24) is 9.97 Å². The van der Waals surface area contributed by atoms with E-state index in [0.717, 1.165) is 45.9 Å². The molecule has 3 heterocycles. The number of fused-ring (bicyclic) bond motifs is 10. The Morgan fingerprint density at radius 2 is 1.22 bits per heavy atom. The van der Waals surface area contributed by atoms with Gasteiger partial charge in [0.25, 0.3) is 0 Å². The Hall–Kier alpha value is -2.57. The van der Waals surface area contributed by atoms with Gasteiger partial charge in [0.05, 0.1) is 0 Å². The molecule has 2 nitrogen and oxygen atoms in total. The van der Waals surface area contributed by atoms with Crippen LogP contribution in [-0.4, -0.2) is 9.97 Å². The van der Waals surface area contributed by atoms with Crippen molar-refractivity contribution in [2.75, 3.05) is 0 Å². The molecule has 0 N–H and O–H groups in total. The molecule has 0 amide bonds. The van der Waals surface area contributed by atoms with E-state index in [9.17, 15) is 0 Å². The maximum Gasteiger partial charge on any atom is 2.00 e. The van der Waals surface area contributed by atoms with Gasteiger partial charge >= 0.3 is 21.1 Å². The number of rotatable bonds is 0. The molecule has 8 bridgehead atoms. The van der Waals surface area contributed by atoms with Crippen molar-refractivity contribution in [1.29, 1.82) is 0 Å². The zero-order chi connectivity index (χ0) is 21.6. The summed E-state index contributed by atoms with van der Waals surface area (Å²) in [7, 11) is 0. The van der Waals surface area contributed by atoms with Gasteiger partial charge in [-0.3, -0.25) is 4.98 Å². The van der Waals surface area contributed by atoms with Crippen molar-refractivity contribution in [2.24, 2.45) is 0 Å². The van der Waals surface area contributed by atoms with Gasteiger partial charge in [-0.25, -0.2) is 0 Å². The third-order valence-corrected chi connectivity index (χ3v) is 6.36. The summed E-state index contributed by atoms with van der Waals surface area (Å²) in [5.74, 6) is 0. The molecule has 4 aromatic rings. The van der Waals surface area contributed by atoms with Gasteiger partial charge in [0.15, 0.2) is 0 Å². The average molecular weight is 598 g/mol. The molecule has 162 valence electrons. The topological polar surface area (TPSA) is 25.8 Å². The molecule has 0 aliphatic carbocycles. The van der Waals surface area contributed by atoms with Crippen LogP contribution < -0.4 is 0 Å². The molecule has 2 aromatic carbocycles. The van der Waals surface area contributed by atoms with Crippen LogP contribution in [0.1, 0.15) is 50.2 Å². The van der Waals surface area contributed by atoms with Gasteiger partial charge in [-0.15, -0.1) is 70.8 Å². The van der Waals surface area contributed by atoms with E-state index in [1.807, 2.05) is 0 Å². The van der Waals surface area contributed by atoms with Crippen LogP contribution in [0.4, 0.5) is 0 Å². The summed E-state index contributed by atoms with van der Waals surface area (Å²) in [4.78, 5) is 10.1. The van der Waals surface area contributed by atoms with Crippen LogP contribution in [-0.2, 0) is 38.3 Å².